The predicted octanol–water partition coefficient (Wildman–Crippen LogP) is 2.60. The lowest BCUT2D eigenvalue weighted by molar-refractivity contribution is 0.185. The lowest BCUT2D eigenvalue weighted by Gasteiger charge is -2.26. The van der Waals surface area contributed by atoms with Crippen LogP contribution >= 0.6 is 24.0 Å². The van der Waals surface area contributed by atoms with Crippen molar-refractivity contribution in [2.75, 3.05) is 40.3 Å². The standard InChI is InChI=1S/C18H30N4O.HI/c1-19-18(20-9-12-22-10-4-3-5-11-22)21-14-16-7-6-8-17(13-16)15-23-2;/h6-8,13H,3-5,9-12,14-15H2,1-2H3,(H2,19,20,21);1H. The minimum atomic E-state index is 0. The predicted molar refractivity (Wildman–Crippen MR) is 111 cm³/mol. The molecular formula is C18H31IN4O. The number of hydrogen-bond acceptors (Lipinski definition) is 3. The highest BCUT2D eigenvalue weighted by Crippen LogP contribution is 2.07. The van der Waals surface area contributed by atoms with Gasteiger partial charge in [-0.15, -0.1) is 24.0 Å². The van der Waals surface area contributed by atoms with Crippen molar-refractivity contribution in [1.29, 1.82) is 0 Å². The Labute approximate surface area is 163 Å². The molecule has 1 aromatic rings. The smallest absolute Gasteiger partial charge is 0.191 e. The molecule has 0 atom stereocenters. The Bertz CT molecular complexity index is 490. The molecule has 1 aliphatic rings. The first-order valence-electron chi connectivity index (χ1n) is 8.55. The number of guanidine groups is 1. The van der Waals surface area contributed by atoms with E-state index in [1.165, 1.54) is 43.5 Å². The lowest BCUT2D eigenvalue weighted by atomic mass is 10.1. The van der Waals surface area contributed by atoms with E-state index in [1.54, 1.807) is 7.11 Å². The number of nitrogens with zero attached hydrogens (tertiary/aromatic N) is 2. The van der Waals surface area contributed by atoms with Crippen LogP contribution in [0.15, 0.2) is 29.3 Å². The first kappa shape index (κ1) is 21.2. The van der Waals surface area contributed by atoms with Crippen LogP contribution in [0.2, 0.25) is 0 Å². The SMILES string of the molecule is CN=C(NCCN1CCCCC1)NCc1cccc(COC)c1.I. The van der Waals surface area contributed by atoms with Crippen LogP contribution in [0.1, 0.15) is 30.4 Å². The largest absolute Gasteiger partial charge is 0.380 e. The van der Waals surface area contributed by atoms with Crippen molar-refractivity contribution in [3.63, 3.8) is 0 Å². The summed E-state index contributed by atoms with van der Waals surface area (Å²) in [6.45, 7) is 5.91. The van der Waals surface area contributed by atoms with Gasteiger partial charge in [0, 0.05) is 33.8 Å². The lowest BCUT2D eigenvalue weighted by Crippen LogP contribution is -2.42. The molecule has 0 amide bonds. The summed E-state index contributed by atoms with van der Waals surface area (Å²) in [6.07, 6.45) is 4.06. The summed E-state index contributed by atoms with van der Waals surface area (Å²) < 4.78 is 5.18. The average Bonchev–Trinajstić information content (AvgIpc) is 2.59. The Morgan fingerprint density at radius 2 is 1.92 bits per heavy atom. The van der Waals surface area contributed by atoms with E-state index < -0.39 is 0 Å². The number of nitrogens with one attached hydrogen (secondary N) is 2. The van der Waals surface area contributed by atoms with Crippen molar-refractivity contribution in [2.45, 2.75) is 32.4 Å². The van der Waals surface area contributed by atoms with Crippen LogP contribution in [0, 0.1) is 0 Å². The molecule has 0 radical (unpaired) electrons. The minimum absolute atomic E-state index is 0. The Morgan fingerprint density at radius 3 is 2.62 bits per heavy atom. The number of benzene rings is 1. The highest BCUT2D eigenvalue weighted by Gasteiger charge is 2.09. The van der Waals surface area contributed by atoms with Crippen LogP contribution in [0.4, 0.5) is 0 Å². The zero-order chi connectivity index (χ0) is 16.3. The molecule has 0 unspecified atom stereocenters. The first-order valence-corrected chi connectivity index (χ1v) is 8.55. The number of ether oxygens (including phenoxy) is 1. The summed E-state index contributed by atoms with van der Waals surface area (Å²) in [6, 6.07) is 8.43. The molecule has 2 N–H and O–H groups in total. The third-order valence-corrected chi connectivity index (χ3v) is 4.16. The van der Waals surface area contributed by atoms with Crippen molar-refractivity contribution in [2.24, 2.45) is 4.99 Å². The van der Waals surface area contributed by atoms with Crippen molar-refractivity contribution in [1.82, 2.24) is 15.5 Å². The van der Waals surface area contributed by atoms with Gasteiger partial charge in [0.05, 0.1) is 6.61 Å². The number of piperidine rings is 1. The molecule has 1 saturated heterocycles. The highest BCUT2D eigenvalue weighted by atomic mass is 127. The molecule has 1 heterocycles. The number of hydrogen-bond donors (Lipinski definition) is 2. The molecule has 1 fully saturated rings. The van der Waals surface area contributed by atoms with E-state index in [4.69, 9.17) is 4.74 Å². The summed E-state index contributed by atoms with van der Waals surface area (Å²) >= 11 is 0. The zero-order valence-electron chi connectivity index (χ0n) is 14.9. The minimum Gasteiger partial charge on any atom is -0.380 e. The fraction of sp³-hybridized carbons (Fsp3) is 0.611. The van der Waals surface area contributed by atoms with Gasteiger partial charge in [-0.3, -0.25) is 4.99 Å². The molecule has 24 heavy (non-hydrogen) atoms. The molecule has 0 spiro atoms. The summed E-state index contributed by atoms with van der Waals surface area (Å²) in [5, 5.41) is 6.77. The number of rotatable bonds is 7. The van der Waals surface area contributed by atoms with Gasteiger partial charge in [0.15, 0.2) is 5.96 Å². The van der Waals surface area contributed by atoms with Crippen LogP contribution in [-0.2, 0) is 17.9 Å². The van der Waals surface area contributed by atoms with Gasteiger partial charge in [0.2, 0.25) is 0 Å². The molecule has 0 saturated carbocycles. The van der Waals surface area contributed by atoms with Crippen LogP contribution in [0.25, 0.3) is 0 Å². The van der Waals surface area contributed by atoms with Gasteiger partial charge in [-0.25, -0.2) is 0 Å². The number of methoxy groups -OCH3 is 1. The van der Waals surface area contributed by atoms with E-state index >= 15 is 0 Å². The van der Waals surface area contributed by atoms with Crippen LogP contribution in [0.5, 0.6) is 0 Å². The molecule has 5 nitrogen and oxygen atoms in total. The fourth-order valence-corrected chi connectivity index (χ4v) is 2.92. The maximum absolute atomic E-state index is 5.18. The van der Waals surface area contributed by atoms with Gasteiger partial charge in [-0.05, 0) is 37.1 Å². The normalized spacial score (nSPS) is 15.7. The van der Waals surface area contributed by atoms with E-state index in [-0.39, 0.29) is 24.0 Å². The zero-order valence-corrected chi connectivity index (χ0v) is 17.2. The van der Waals surface area contributed by atoms with Gasteiger partial charge < -0.3 is 20.3 Å². The molecule has 6 heteroatoms. The van der Waals surface area contributed by atoms with E-state index in [1.807, 2.05) is 7.05 Å². The number of aliphatic imine (C=N–C) groups is 1. The second kappa shape index (κ2) is 12.5. The van der Waals surface area contributed by atoms with Gasteiger partial charge in [0.1, 0.15) is 0 Å². The van der Waals surface area contributed by atoms with E-state index in [0.29, 0.717) is 6.61 Å². The Hall–Kier alpha value is -0.860. The number of likely N-dealkylation sites (tertiary alicyclic amines) is 1. The molecule has 2 rings (SSSR count). The first-order chi connectivity index (χ1) is 11.3. The fourth-order valence-electron chi connectivity index (χ4n) is 2.92. The van der Waals surface area contributed by atoms with E-state index in [2.05, 4.69) is 44.8 Å². The Balaban J connectivity index is 0.00000288. The summed E-state index contributed by atoms with van der Waals surface area (Å²) in [4.78, 5) is 6.82. The summed E-state index contributed by atoms with van der Waals surface area (Å²) in [7, 11) is 3.54. The van der Waals surface area contributed by atoms with Crippen molar-refractivity contribution < 1.29 is 4.74 Å². The van der Waals surface area contributed by atoms with Gasteiger partial charge in [-0.1, -0.05) is 30.7 Å². The van der Waals surface area contributed by atoms with Crippen molar-refractivity contribution >= 4 is 29.9 Å². The third kappa shape index (κ3) is 7.81. The second-order valence-corrected chi connectivity index (χ2v) is 6.01. The monoisotopic (exact) mass is 446 g/mol. The van der Waals surface area contributed by atoms with Crippen molar-refractivity contribution in [3.8, 4) is 0 Å². The Morgan fingerprint density at radius 1 is 1.17 bits per heavy atom. The summed E-state index contributed by atoms with van der Waals surface area (Å²) in [5.74, 6) is 0.860. The average molecular weight is 446 g/mol. The van der Waals surface area contributed by atoms with Crippen LogP contribution < -0.4 is 10.6 Å². The summed E-state index contributed by atoms with van der Waals surface area (Å²) in [5.41, 5.74) is 2.43. The molecule has 1 aromatic carbocycles. The highest BCUT2D eigenvalue weighted by molar-refractivity contribution is 14.0. The molecule has 136 valence electrons. The third-order valence-electron chi connectivity index (χ3n) is 4.16. The van der Waals surface area contributed by atoms with E-state index in [9.17, 15) is 0 Å². The maximum atomic E-state index is 5.18. The van der Waals surface area contributed by atoms with Crippen molar-refractivity contribution in [3.05, 3.63) is 35.4 Å². The molecule has 0 aromatic heterocycles. The molecular weight excluding hydrogens is 415 g/mol. The Kier molecular flexibility index (Phi) is 11.0. The molecule has 0 aliphatic carbocycles. The van der Waals surface area contributed by atoms with Gasteiger partial charge >= 0.3 is 0 Å². The van der Waals surface area contributed by atoms with E-state index in [0.717, 1.165) is 25.6 Å². The van der Waals surface area contributed by atoms with Crippen LogP contribution in [-0.4, -0.2) is 51.2 Å². The number of halogens is 1. The second-order valence-electron chi connectivity index (χ2n) is 6.01. The molecule has 0 bridgehead atoms. The molecule has 1 aliphatic heterocycles. The van der Waals surface area contributed by atoms with Gasteiger partial charge in [0.25, 0.3) is 0 Å². The van der Waals surface area contributed by atoms with Gasteiger partial charge in [-0.2, -0.15) is 0 Å². The topological polar surface area (TPSA) is 48.9 Å². The van der Waals surface area contributed by atoms with Crippen LogP contribution in [0.3, 0.4) is 0 Å². The maximum Gasteiger partial charge on any atom is 0.191 e. The quantitative estimate of drug-likeness (QED) is 0.384.